The topological polar surface area (TPSA) is 52.2 Å². The predicted octanol–water partition coefficient (Wildman–Crippen LogP) is 4.89. The van der Waals surface area contributed by atoms with E-state index in [4.69, 9.17) is 0 Å². The highest BCUT2D eigenvalue weighted by Crippen LogP contribution is 2.34. The average molecular weight is 415 g/mol. The molecular formula is C23H34N4OS. The quantitative estimate of drug-likeness (QED) is 0.732. The van der Waals surface area contributed by atoms with Gasteiger partial charge in [-0.05, 0) is 63.1 Å². The van der Waals surface area contributed by atoms with Gasteiger partial charge in [-0.1, -0.05) is 20.3 Å². The van der Waals surface area contributed by atoms with Gasteiger partial charge in [-0.2, -0.15) is 0 Å². The van der Waals surface area contributed by atoms with Gasteiger partial charge in [0.1, 0.15) is 5.82 Å². The van der Waals surface area contributed by atoms with Crippen molar-refractivity contribution >= 4 is 17.2 Å². The average Bonchev–Trinajstić information content (AvgIpc) is 3.42. The van der Waals surface area contributed by atoms with Gasteiger partial charge in [-0.15, -0.1) is 11.3 Å². The molecule has 4 rings (SSSR count). The van der Waals surface area contributed by atoms with Crippen molar-refractivity contribution in [1.29, 1.82) is 0 Å². The molecule has 0 bridgehead atoms. The Balaban J connectivity index is 1.36. The third-order valence-corrected chi connectivity index (χ3v) is 7.84. The van der Waals surface area contributed by atoms with Crippen LogP contribution in [0, 0.1) is 5.92 Å². The molecule has 2 saturated heterocycles. The standard InChI is InChI=1S/C23H34N4OS/c1-3-5-20-17(2)6-4-11-27(20)23(28)19-14-21(29-16-19)18-7-12-26(13-8-18)15-22-24-9-10-25-22/h9-10,14,16-18,20H,3-8,11-13,15H2,1-2H3,(H,24,25). The predicted molar refractivity (Wildman–Crippen MR) is 118 cm³/mol. The first-order chi connectivity index (χ1) is 14.2. The number of hydrogen-bond acceptors (Lipinski definition) is 4. The highest BCUT2D eigenvalue weighted by Gasteiger charge is 2.32. The van der Waals surface area contributed by atoms with Crippen LogP contribution in [0.1, 0.15) is 79.3 Å². The molecule has 4 heterocycles. The maximum atomic E-state index is 13.3. The summed E-state index contributed by atoms with van der Waals surface area (Å²) in [5, 5.41) is 2.11. The first kappa shape index (κ1) is 20.6. The number of imidazole rings is 1. The minimum absolute atomic E-state index is 0.257. The fourth-order valence-electron chi connectivity index (χ4n) is 5.05. The summed E-state index contributed by atoms with van der Waals surface area (Å²) in [5.74, 6) is 2.50. The van der Waals surface area contributed by atoms with Gasteiger partial charge in [-0.3, -0.25) is 9.69 Å². The lowest BCUT2D eigenvalue weighted by molar-refractivity contribution is 0.0498. The summed E-state index contributed by atoms with van der Waals surface area (Å²) >= 11 is 1.79. The lowest BCUT2D eigenvalue weighted by atomic mass is 9.87. The van der Waals surface area contributed by atoms with E-state index in [1.165, 1.54) is 11.3 Å². The van der Waals surface area contributed by atoms with Crippen molar-refractivity contribution in [3.8, 4) is 0 Å². The number of aromatic nitrogens is 2. The van der Waals surface area contributed by atoms with Crippen molar-refractivity contribution in [3.63, 3.8) is 0 Å². The zero-order valence-electron chi connectivity index (χ0n) is 17.8. The number of piperidine rings is 2. The van der Waals surface area contributed by atoms with E-state index >= 15 is 0 Å². The molecule has 0 saturated carbocycles. The number of thiophene rings is 1. The van der Waals surface area contributed by atoms with Crippen LogP contribution in [0.15, 0.2) is 23.8 Å². The zero-order valence-corrected chi connectivity index (χ0v) is 18.6. The van der Waals surface area contributed by atoms with Gasteiger partial charge >= 0.3 is 0 Å². The number of rotatable bonds is 6. The summed E-state index contributed by atoms with van der Waals surface area (Å²) in [7, 11) is 0. The van der Waals surface area contributed by atoms with Crippen molar-refractivity contribution in [1.82, 2.24) is 19.8 Å². The van der Waals surface area contributed by atoms with Crippen molar-refractivity contribution in [2.75, 3.05) is 19.6 Å². The smallest absolute Gasteiger partial charge is 0.254 e. The second-order valence-corrected chi connectivity index (χ2v) is 9.74. The second-order valence-electron chi connectivity index (χ2n) is 8.80. The number of carbonyl (C=O) groups excluding carboxylic acids is 1. The first-order valence-corrected chi connectivity index (χ1v) is 12.1. The molecule has 1 N–H and O–H groups in total. The molecule has 2 aliphatic heterocycles. The molecule has 0 aromatic carbocycles. The number of carbonyl (C=O) groups is 1. The van der Waals surface area contributed by atoms with Gasteiger partial charge in [-0.25, -0.2) is 4.98 Å². The SMILES string of the molecule is CCCC1C(C)CCCN1C(=O)c1csc(C2CCN(Cc3ncc[nH]3)CC2)c1. The fourth-order valence-corrected chi connectivity index (χ4v) is 6.11. The first-order valence-electron chi connectivity index (χ1n) is 11.3. The van der Waals surface area contributed by atoms with E-state index in [2.05, 4.69) is 45.1 Å². The van der Waals surface area contributed by atoms with E-state index in [0.29, 0.717) is 17.9 Å². The third kappa shape index (κ3) is 4.75. The van der Waals surface area contributed by atoms with Crippen LogP contribution in [0.2, 0.25) is 0 Å². The second kappa shape index (κ2) is 9.43. The van der Waals surface area contributed by atoms with Gasteiger partial charge in [0.2, 0.25) is 0 Å². The lowest BCUT2D eigenvalue weighted by Crippen LogP contribution is -2.47. The molecule has 2 unspecified atom stereocenters. The minimum Gasteiger partial charge on any atom is -0.348 e. The molecule has 0 aliphatic carbocycles. The zero-order chi connectivity index (χ0) is 20.2. The van der Waals surface area contributed by atoms with Gasteiger partial charge < -0.3 is 9.88 Å². The maximum absolute atomic E-state index is 13.3. The Labute approximate surface area is 178 Å². The molecule has 6 heteroatoms. The Hall–Kier alpha value is -1.66. The lowest BCUT2D eigenvalue weighted by Gasteiger charge is -2.40. The summed E-state index contributed by atoms with van der Waals surface area (Å²) in [6.07, 6.45) is 10.7. The van der Waals surface area contributed by atoms with Gasteiger partial charge in [0, 0.05) is 35.2 Å². The Bertz CT molecular complexity index is 779. The molecule has 2 aliphatic rings. The van der Waals surface area contributed by atoms with E-state index in [1.54, 1.807) is 11.3 Å². The highest BCUT2D eigenvalue weighted by molar-refractivity contribution is 7.10. The van der Waals surface area contributed by atoms with Crippen LogP contribution in [0.4, 0.5) is 0 Å². The number of nitrogens with zero attached hydrogens (tertiary/aromatic N) is 3. The molecule has 2 aromatic heterocycles. The Morgan fingerprint density at radius 2 is 2.10 bits per heavy atom. The summed E-state index contributed by atoms with van der Waals surface area (Å²) in [4.78, 5) is 26.8. The number of nitrogens with one attached hydrogen (secondary N) is 1. The molecule has 2 fully saturated rings. The molecule has 0 radical (unpaired) electrons. The van der Waals surface area contributed by atoms with Crippen LogP contribution >= 0.6 is 11.3 Å². The van der Waals surface area contributed by atoms with Gasteiger partial charge in [0.25, 0.3) is 5.91 Å². The van der Waals surface area contributed by atoms with Crippen molar-refractivity contribution < 1.29 is 4.79 Å². The molecule has 0 spiro atoms. The van der Waals surface area contributed by atoms with Crippen molar-refractivity contribution in [2.24, 2.45) is 5.92 Å². The van der Waals surface area contributed by atoms with Gasteiger partial charge in [0.15, 0.2) is 0 Å². The molecular weight excluding hydrogens is 380 g/mol. The third-order valence-electron chi connectivity index (χ3n) is 6.75. The van der Waals surface area contributed by atoms with Crippen molar-refractivity contribution in [3.05, 3.63) is 40.1 Å². The normalized spacial score (nSPS) is 24.1. The number of aromatic amines is 1. The number of amides is 1. The van der Waals surface area contributed by atoms with Gasteiger partial charge in [0.05, 0.1) is 12.1 Å². The Morgan fingerprint density at radius 1 is 1.28 bits per heavy atom. The highest BCUT2D eigenvalue weighted by atomic mass is 32.1. The van der Waals surface area contributed by atoms with Crippen LogP contribution in [0.5, 0.6) is 0 Å². The molecule has 2 aromatic rings. The fraction of sp³-hybridized carbons (Fsp3) is 0.652. The van der Waals surface area contributed by atoms with Crippen LogP contribution in [-0.2, 0) is 6.54 Å². The van der Waals surface area contributed by atoms with E-state index in [-0.39, 0.29) is 5.91 Å². The maximum Gasteiger partial charge on any atom is 0.254 e. The monoisotopic (exact) mass is 414 g/mol. The Kier molecular flexibility index (Phi) is 6.70. The minimum atomic E-state index is 0.257. The van der Waals surface area contributed by atoms with Crippen LogP contribution in [-0.4, -0.2) is 51.4 Å². The number of hydrogen-bond donors (Lipinski definition) is 1. The summed E-state index contributed by atoms with van der Waals surface area (Å²) in [5.41, 5.74) is 0.915. The van der Waals surface area contributed by atoms with E-state index in [0.717, 1.165) is 69.7 Å². The van der Waals surface area contributed by atoms with Crippen molar-refractivity contribution in [2.45, 2.75) is 70.9 Å². The Morgan fingerprint density at radius 3 is 2.83 bits per heavy atom. The number of likely N-dealkylation sites (tertiary alicyclic amines) is 2. The molecule has 29 heavy (non-hydrogen) atoms. The van der Waals surface area contributed by atoms with Crippen LogP contribution in [0.3, 0.4) is 0 Å². The molecule has 158 valence electrons. The van der Waals surface area contributed by atoms with Crippen LogP contribution in [0.25, 0.3) is 0 Å². The summed E-state index contributed by atoms with van der Waals surface area (Å²) in [6.45, 7) is 8.55. The van der Waals surface area contributed by atoms with E-state index < -0.39 is 0 Å². The number of H-pyrrole nitrogens is 1. The summed E-state index contributed by atoms with van der Waals surface area (Å²) in [6, 6.07) is 2.61. The summed E-state index contributed by atoms with van der Waals surface area (Å²) < 4.78 is 0. The molecule has 5 nitrogen and oxygen atoms in total. The van der Waals surface area contributed by atoms with E-state index in [1.807, 2.05) is 12.4 Å². The molecule has 1 amide bonds. The molecule has 2 atom stereocenters. The largest absolute Gasteiger partial charge is 0.348 e. The van der Waals surface area contributed by atoms with E-state index in [9.17, 15) is 4.79 Å². The van der Waals surface area contributed by atoms with Crippen LogP contribution < -0.4 is 0 Å².